The molecule has 16 heavy (non-hydrogen) atoms. The van der Waals surface area contributed by atoms with E-state index >= 15 is 0 Å². The molecule has 3 heteroatoms. The molecule has 0 saturated heterocycles. The Morgan fingerprint density at radius 1 is 1.31 bits per heavy atom. The van der Waals surface area contributed by atoms with Crippen molar-refractivity contribution in [1.29, 1.82) is 0 Å². The SMILES string of the molecule is CCOC(O)Oc1cccc(C(C)CC)c1. The molecule has 1 aromatic carbocycles. The Morgan fingerprint density at radius 3 is 2.69 bits per heavy atom. The van der Waals surface area contributed by atoms with Crippen LogP contribution < -0.4 is 4.74 Å². The van der Waals surface area contributed by atoms with Crippen LogP contribution in [-0.4, -0.2) is 18.2 Å². The van der Waals surface area contributed by atoms with Gasteiger partial charge in [-0.3, -0.25) is 0 Å². The normalized spacial score (nSPS) is 14.5. The average Bonchev–Trinajstić information content (AvgIpc) is 2.28. The monoisotopic (exact) mass is 224 g/mol. The van der Waals surface area contributed by atoms with Crippen molar-refractivity contribution in [3.05, 3.63) is 29.8 Å². The topological polar surface area (TPSA) is 38.7 Å². The summed E-state index contributed by atoms with van der Waals surface area (Å²) in [5.41, 5.74) is 1.21. The van der Waals surface area contributed by atoms with Crippen molar-refractivity contribution in [2.24, 2.45) is 0 Å². The maximum atomic E-state index is 9.34. The van der Waals surface area contributed by atoms with Crippen LogP contribution in [0.5, 0.6) is 5.75 Å². The number of benzene rings is 1. The van der Waals surface area contributed by atoms with E-state index in [-0.39, 0.29) is 0 Å². The Morgan fingerprint density at radius 2 is 2.06 bits per heavy atom. The van der Waals surface area contributed by atoms with Crippen LogP contribution in [0.1, 0.15) is 38.7 Å². The van der Waals surface area contributed by atoms with Crippen LogP contribution in [0.3, 0.4) is 0 Å². The molecule has 0 saturated carbocycles. The van der Waals surface area contributed by atoms with Gasteiger partial charge in [-0.25, -0.2) is 0 Å². The summed E-state index contributed by atoms with van der Waals surface area (Å²) in [5, 5.41) is 9.34. The van der Waals surface area contributed by atoms with E-state index in [0.29, 0.717) is 18.3 Å². The molecule has 1 aromatic rings. The number of aliphatic hydroxyl groups is 1. The third kappa shape index (κ3) is 3.83. The highest BCUT2D eigenvalue weighted by atomic mass is 16.8. The largest absolute Gasteiger partial charge is 0.441 e. The van der Waals surface area contributed by atoms with Gasteiger partial charge in [0.05, 0.1) is 6.61 Å². The van der Waals surface area contributed by atoms with Gasteiger partial charge in [-0.05, 0) is 37.0 Å². The van der Waals surface area contributed by atoms with E-state index in [4.69, 9.17) is 9.47 Å². The quantitative estimate of drug-likeness (QED) is 0.755. The van der Waals surface area contributed by atoms with Crippen LogP contribution in [0.25, 0.3) is 0 Å². The van der Waals surface area contributed by atoms with E-state index in [9.17, 15) is 5.11 Å². The second-order valence-corrected chi connectivity index (χ2v) is 3.76. The van der Waals surface area contributed by atoms with Crippen LogP contribution in [0.4, 0.5) is 0 Å². The zero-order valence-corrected chi connectivity index (χ0v) is 10.1. The van der Waals surface area contributed by atoms with Crippen molar-refractivity contribution >= 4 is 0 Å². The van der Waals surface area contributed by atoms with Crippen LogP contribution in [-0.2, 0) is 4.74 Å². The number of hydrogen-bond donors (Lipinski definition) is 1. The number of rotatable bonds is 6. The molecular formula is C13H20O3. The van der Waals surface area contributed by atoms with E-state index in [1.807, 2.05) is 25.1 Å². The molecule has 1 N–H and O–H groups in total. The minimum absolute atomic E-state index is 0.423. The lowest BCUT2D eigenvalue weighted by atomic mass is 9.99. The molecule has 0 aliphatic rings. The van der Waals surface area contributed by atoms with Crippen molar-refractivity contribution in [2.75, 3.05) is 6.61 Å². The summed E-state index contributed by atoms with van der Waals surface area (Å²) in [4.78, 5) is 0. The van der Waals surface area contributed by atoms with E-state index in [1.54, 1.807) is 0 Å². The highest BCUT2D eigenvalue weighted by Gasteiger charge is 2.07. The van der Waals surface area contributed by atoms with Crippen LogP contribution in [0.15, 0.2) is 24.3 Å². The summed E-state index contributed by atoms with van der Waals surface area (Å²) >= 11 is 0. The fourth-order valence-electron chi connectivity index (χ4n) is 1.42. The van der Waals surface area contributed by atoms with Crippen LogP contribution in [0.2, 0.25) is 0 Å². The first-order chi connectivity index (χ1) is 7.67. The Bertz CT molecular complexity index is 312. The smallest absolute Gasteiger partial charge is 0.313 e. The predicted octanol–water partition coefficient (Wildman–Crippen LogP) is 2.89. The molecule has 0 aromatic heterocycles. The second-order valence-electron chi connectivity index (χ2n) is 3.76. The summed E-state index contributed by atoms with van der Waals surface area (Å²) in [6.45, 7) is 5.36. The molecule has 0 spiro atoms. The lowest BCUT2D eigenvalue weighted by Crippen LogP contribution is -2.19. The standard InChI is InChI=1S/C13H20O3/c1-4-10(3)11-7-6-8-12(9-11)16-13(14)15-5-2/h6-10,13-14H,4-5H2,1-3H3. The lowest BCUT2D eigenvalue weighted by molar-refractivity contribution is -0.213. The Hall–Kier alpha value is -1.06. The number of ether oxygens (including phenoxy) is 2. The van der Waals surface area contributed by atoms with E-state index in [0.717, 1.165) is 6.42 Å². The third-order valence-corrected chi connectivity index (χ3v) is 2.59. The summed E-state index contributed by atoms with van der Waals surface area (Å²) in [7, 11) is 0. The molecule has 0 fully saturated rings. The second kappa shape index (κ2) is 6.51. The van der Waals surface area contributed by atoms with Crippen molar-refractivity contribution in [1.82, 2.24) is 0 Å². The molecule has 1 rings (SSSR count). The lowest BCUT2D eigenvalue weighted by Gasteiger charge is -2.15. The molecule has 0 aliphatic heterocycles. The highest BCUT2D eigenvalue weighted by Crippen LogP contribution is 2.23. The molecule has 3 nitrogen and oxygen atoms in total. The van der Waals surface area contributed by atoms with Gasteiger partial charge in [0.2, 0.25) is 0 Å². The fraction of sp³-hybridized carbons (Fsp3) is 0.538. The Balaban J connectivity index is 2.67. The van der Waals surface area contributed by atoms with Gasteiger partial charge in [-0.2, -0.15) is 0 Å². The highest BCUT2D eigenvalue weighted by molar-refractivity contribution is 5.30. The molecule has 0 bridgehead atoms. The first kappa shape index (κ1) is 13.0. The molecule has 0 aliphatic carbocycles. The van der Waals surface area contributed by atoms with E-state index in [2.05, 4.69) is 19.9 Å². The van der Waals surface area contributed by atoms with Crippen LogP contribution >= 0.6 is 0 Å². The minimum Gasteiger partial charge on any atom is -0.441 e. The van der Waals surface area contributed by atoms with Crippen molar-refractivity contribution in [3.63, 3.8) is 0 Å². The summed E-state index contributed by atoms with van der Waals surface area (Å²) in [6.07, 6.45) is 1.08. The van der Waals surface area contributed by atoms with Crippen molar-refractivity contribution < 1.29 is 14.6 Å². The van der Waals surface area contributed by atoms with Gasteiger partial charge >= 0.3 is 6.48 Å². The van der Waals surface area contributed by atoms with E-state index in [1.165, 1.54) is 5.56 Å². The van der Waals surface area contributed by atoms with Crippen molar-refractivity contribution in [3.8, 4) is 5.75 Å². The summed E-state index contributed by atoms with van der Waals surface area (Å²) in [6, 6.07) is 7.74. The first-order valence-corrected chi connectivity index (χ1v) is 5.73. The number of hydrogen-bond acceptors (Lipinski definition) is 3. The maximum absolute atomic E-state index is 9.34. The Kier molecular flexibility index (Phi) is 5.29. The molecule has 2 unspecified atom stereocenters. The third-order valence-electron chi connectivity index (χ3n) is 2.59. The fourth-order valence-corrected chi connectivity index (χ4v) is 1.42. The number of aliphatic hydroxyl groups excluding tert-OH is 1. The average molecular weight is 224 g/mol. The van der Waals surface area contributed by atoms with Gasteiger partial charge in [0.1, 0.15) is 5.75 Å². The van der Waals surface area contributed by atoms with Gasteiger partial charge in [0.25, 0.3) is 0 Å². The predicted molar refractivity (Wildman–Crippen MR) is 63.4 cm³/mol. The van der Waals surface area contributed by atoms with Crippen molar-refractivity contribution in [2.45, 2.75) is 39.6 Å². The molecule has 0 amide bonds. The molecule has 0 heterocycles. The summed E-state index contributed by atoms with van der Waals surface area (Å²) in [5.74, 6) is 1.13. The van der Waals surface area contributed by atoms with Gasteiger partial charge < -0.3 is 14.6 Å². The zero-order chi connectivity index (χ0) is 12.0. The minimum atomic E-state index is -1.18. The van der Waals surface area contributed by atoms with Gasteiger partial charge in [0, 0.05) is 0 Å². The summed E-state index contributed by atoms with van der Waals surface area (Å²) < 4.78 is 10.1. The molecule has 0 radical (unpaired) electrons. The van der Waals surface area contributed by atoms with Gasteiger partial charge in [-0.15, -0.1) is 0 Å². The van der Waals surface area contributed by atoms with Gasteiger partial charge in [-0.1, -0.05) is 26.0 Å². The van der Waals surface area contributed by atoms with E-state index < -0.39 is 6.48 Å². The maximum Gasteiger partial charge on any atom is 0.313 e. The molecule has 2 atom stereocenters. The Labute approximate surface area is 97.0 Å². The molecular weight excluding hydrogens is 204 g/mol. The van der Waals surface area contributed by atoms with Gasteiger partial charge in [0.15, 0.2) is 0 Å². The zero-order valence-electron chi connectivity index (χ0n) is 10.1. The van der Waals surface area contributed by atoms with Crippen LogP contribution in [0, 0.1) is 0 Å². The first-order valence-electron chi connectivity index (χ1n) is 5.73. The molecule has 90 valence electrons.